The van der Waals surface area contributed by atoms with Gasteiger partial charge in [-0.05, 0) is 48.6 Å². The molecule has 1 heterocycles. The number of hydrogen-bond acceptors (Lipinski definition) is 4. The van der Waals surface area contributed by atoms with E-state index in [9.17, 15) is 5.11 Å². The molecule has 0 aliphatic heterocycles. The zero-order valence-corrected chi connectivity index (χ0v) is 16.2. The molecule has 4 nitrogen and oxygen atoms in total. The highest BCUT2D eigenvalue weighted by Crippen LogP contribution is 2.33. The van der Waals surface area contributed by atoms with Gasteiger partial charge in [-0.3, -0.25) is 0 Å². The lowest BCUT2D eigenvalue weighted by Crippen LogP contribution is -2.19. The summed E-state index contributed by atoms with van der Waals surface area (Å²) in [5, 5.41) is 13.4. The zero-order chi connectivity index (χ0) is 18.1. The first-order chi connectivity index (χ1) is 12.6. The third-order valence-corrected chi connectivity index (χ3v) is 5.37. The summed E-state index contributed by atoms with van der Waals surface area (Å²) >= 11 is 3.46. The van der Waals surface area contributed by atoms with E-state index in [-0.39, 0.29) is 6.10 Å². The van der Waals surface area contributed by atoms with Gasteiger partial charge in [0.25, 0.3) is 6.01 Å². The van der Waals surface area contributed by atoms with E-state index >= 15 is 0 Å². The van der Waals surface area contributed by atoms with Crippen molar-refractivity contribution in [2.75, 3.05) is 5.32 Å². The van der Waals surface area contributed by atoms with Crippen LogP contribution in [0.3, 0.4) is 0 Å². The Balaban J connectivity index is 1.67. The van der Waals surface area contributed by atoms with Crippen molar-refractivity contribution in [2.45, 2.75) is 38.7 Å². The second kappa shape index (κ2) is 7.25. The van der Waals surface area contributed by atoms with Crippen LogP contribution in [0.15, 0.2) is 51.4 Å². The molecular weight excluding hydrogens is 392 g/mol. The summed E-state index contributed by atoms with van der Waals surface area (Å²) in [6, 6.07) is 14.7. The lowest BCUT2D eigenvalue weighted by atomic mass is 9.88. The van der Waals surface area contributed by atoms with Gasteiger partial charge in [0, 0.05) is 22.1 Å². The number of anilines is 2. The molecule has 1 aliphatic carbocycles. The van der Waals surface area contributed by atoms with Gasteiger partial charge in [-0.1, -0.05) is 47.1 Å². The largest absolute Gasteiger partial charge is 0.423 e. The van der Waals surface area contributed by atoms with E-state index in [2.05, 4.69) is 39.2 Å². The van der Waals surface area contributed by atoms with Crippen LogP contribution < -0.4 is 5.32 Å². The Labute approximate surface area is 161 Å². The average molecular weight is 413 g/mol. The number of benzene rings is 2. The summed E-state index contributed by atoms with van der Waals surface area (Å²) in [5.74, 6) is 0.798. The molecule has 1 atom stereocenters. The molecule has 5 heteroatoms. The van der Waals surface area contributed by atoms with E-state index in [4.69, 9.17) is 4.42 Å². The minimum Gasteiger partial charge on any atom is -0.423 e. The summed E-state index contributed by atoms with van der Waals surface area (Å²) in [7, 11) is 0. The third kappa shape index (κ3) is 3.41. The van der Waals surface area contributed by atoms with E-state index in [1.165, 1.54) is 5.56 Å². The topological polar surface area (TPSA) is 58.3 Å². The standard InChI is InChI=1S/C21H21BrN2O2/c1-2-18-20(14-6-9-15(22)10-7-14)26-21(23-18)24-19-5-3-4-13-8-11-16(25)12-17(13)19/h3-7,9-10,16,25H,2,8,11-12H2,1H3,(H,23,24)/t16-/m1/s1. The fourth-order valence-electron chi connectivity index (χ4n) is 3.47. The molecule has 0 amide bonds. The maximum atomic E-state index is 10.0. The normalized spacial score (nSPS) is 16.3. The van der Waals surface area contributed by atoms with E-state index in [0.717, 1.165) is 52.0 Å². The summed E-state index contributed by atoms with van der Waals surface area (Å²) in [4.78, 5) is 4.64. The Bertz CT molecular complexity index is 918. The number of aliphatic hydroxyl groups is 1. The highest BCUT2D eigenvalue weighted by Gasteiger charge is 2.21. The van der Waals surface area contributed by atoms with Crippen molar-refractivity contribution in [3.05, 3.63) is 63.8 Å². The van der Waals surface area contributed by atoms with Crippen molar-refractivity contribution in [2.24, 2.45) is 0 Å². The average Bonchev–Trinajstić information content (AvgIpc) is 3.06. The number of halogens is 1. The molecular formula is C21H21BrN2O2. The zero-order valence-electron chi connectivity index (χ0n) is 14.6. The molecule has 26 heavy (non-hydrogen) atoms. The molecule has 1 aromatic heterocycles. The lowest BCUT2D eigenvalue weighted by Gasteiger charge is -2.23. The molecule has 3 aromatic rings. The number of aryl methyl sites for hydroxylation is 2. The van der Waals surface area contributed by atoms with E-state index in [0.29, 0.717) is 12.4 Å². The molecule has 0 bridgehead atoms. The maximum Gasteiger partial charge on any atom is 0.299 e. The number of nitrogens with one attached hydrogen (secondary N) is 1. The number of hydrogen-bond donors (Lipinski definition) is 2. The number of nitrogens with zero attached hydrogens (tertiary/aromatic N) is 1. The van der Waals surface area contributed by atoms with Crippen LogP contribution in [-0.2, 0) is 19.3 Å². The van der Waals surface area contributed by atoms with E-state index in [1.54, 1.807) is 0 Å². The molecule has 1 aliphatic rings. The van der Waals surface area contributed by atoms with Gasteiger partial charge < -0.3 is 14.8 Å². The van der Waals surface area contributed by atoms with Gasteiger partial charge >= 0.3 is 0 Å². The monoisotopic (exact) mass is 412 g/mol. The second-order valence-corrected chi connectivity index (χ2v) is 7.54. The van der Waals surface area contributed by atoms with Gasteiger partial charge in [-0.15, -0.1) is 0 Å². The highest BCUT2D eigenvalue weighted by atomic mass is 79.9. The fraction of sp³-hybridized carbons (Fsp3) is 0.286. The molecule has 2 N–H and O–H groups in total. The molecule has 0 spiro atoms. The van der Waals surface area contributed by atoms with Crippen LogP contribution in [0.5, 0.6) is 0 Å². The molecule has 4 rings (SSSR count). The lowest BCUT2D eigenvalue weighted by molar-refractivity contribution is 0.159. The fourth-order valence-corrected chi connectivity index (χ4v) is 3.74. The first kappa shape index (κ1) is 17.3. The van der Waals surface area contributed by atoms with E-state index in [1.807, 2.05) is 36.4 Å². The minimum absolute atomic E-state index is 0.278. The van der Waals surface area contributed by atoms with Gasteiger partial charge in [-0.25, -0.2) is 0 Å². The summed E-state index contributed by atoms with van der Waals surface area (Å²) in [6.45, 7) is 2.07. The summed E-state index contributed by atoms with van der Waals surface area (Å²) in [6.07, 6.45) is 2.91. The number of fused-ring (bicyclic) bond motifs is 1. The predicted molar refractivity (Wildman–Crippen MR) is 107 cm³/mol. The van der Waals surface area contributed by atoms with Crippen LogP contribution in [0.1, 0.15) is 30.2 Å². The Morgan fingerprint density at radius 2 is 2.04 bits per heavy atom. The van der Waals surface area contributed by atoms with Gasteiger partial charge in [0.15, 0.2) is 5.76 Å². The van der Waals surface area contributed by atoms with Crippen LogP contribution in [0.4, 0.5) is 11.7 Å². The van der Waals surface area contributed by atoms with Gasteiger partial charge in [0.05, 0.1) is 11.8 Å². The predicted octanol–water partition coefficient (Wildman–Crippen LogP) is 5.26. The van der Waals surface area contributed by atoms with E-state index < -0.39 is 0 Å². The Morgan fingerprint density at radius 3 is 2.81 bits per heavy atom. The van der Waals surface area contributed by atoms with Crippen molar-refractivity contribution in [3.8, 4) is 11.3 Å². The maximum absolute atomic E-state index is 10.0. The smallest absolute Gasteiger partial charge is 0.299 e. The van der Waals surface area contributed by atoms with Crippen molar-refractivity contribution in [1.29, 1.82) is 0 Å². The van der Waals surface area contributed by atoms with Crippen molar-refractivity contribution in [3.63, 3.8) is 0 Å². The van der Waals surface area contributed by atoms with Crippen LogP contribution in [-0.4, -0.2) is 16.2 Å². The van der Waals surface area contributed by atoms with Gasteiger partial charge in [-0.2, -0.15) is 4.98 Å². The second-order valence-electron chi connectivity index (χ2n) is 6.62. The molecule has 0 saturated heterocycles. The summed E-state index contributed by atoms with van der Waals surface area (Å²) < 4.78 is 7.09. The first-order valence-corrected chi connectivity index (χ1v) is 9.75. The van der Waals surface area contributed by atoms with Crippen LogP contribution in [0.25, 0.3) is 11.3 Å². The van der Waals surface area contributed by atoms with Crippen LogP contribution in [0, 0.1) is 0 Å². The Kier molecular flexibility index (Phi) is 4.83. The summed E-state index contributed by atoms with van der Waals surface area (Å²) in [5.41, 5.74) is 5.35. The first-order valence-electron chi connectivity index (χ1n) is 8.95. The number of rotatable bonds is 4. The highest BCUT2D eigenvalue weighted by molar-refractivity contribution is 9.10. The number of aliphatic hydroxyl groups excluding tert-OH is 1. The molecule has 134 valence electrons. The van der Waals surface area contributed by atoms with Crippen LogP contribution in [0.2, 0.25) is 0 Å². The quantitative estimate of drug-likeness (QED) is 0.613. The molecule has 2 aromatic carbocycles. The Hall–Kier alpha value is -2.11. The molecule has 0 unspecified atom stereocenters. The number of aromatic nitrogens is 1. The van der Waals surface area contributed by atoms with Gasteiger partial charge in [0.2, 0.25) is 0 Å². The Morgan fingerprint density at radius 1 is 1.23 bits per heavy atom. The van der Waals surface area contributed by atoms with Gasteiger partial charge in [0.1, 0.15) is 0 Å². The minimum atomic E-state index is -0.278. The third-order valence-electron chi connectivity index (χ3n) is 4.84. The molecule has 0 fully saturated rings. The van der Waals surface area contributed by atoms with Crippen LogP contribution >= 0.6 is 15.9 Å². The number of oxazole rings is 1. The molecule has 0 radical (unpaired) electrons. The SMILES string of the molecule is CCc1nc(Nc2cccc3c2C[C@H](O)CC3)oc1-c1ccc(Br)cc1. The molecule has 0 saturated carbocycles. The van der Waals surface area contributed by atoms with Crippen molar-refractivity contribution in [1.82, 2.24) is 4.98 Å². The van der Waals surface area contributed by atoms with Crippen molar-refractivity contribution >= 4 is 27.6 Å². The van der Waals surface area contributed by atoms with Crippen molar-refractivity contribution < 1.29 is 9.52 Å².